The van der Waals surface area contributed by atoms with E-state index in [0.29, 0.717) is 0 Å². The molecular formula is C32H27N7O5. The quantitative estimate of drug-likeness (QED) is 0.232. The highest BCUT2D eigenvalue weighted by molar-refractivity contribution is 6.25. The molecule has 12 nitrogen and oxygen atoms in total. The number of fused-ring (bicyclic) bond motifs is 2. The second-order valence-corrected chi connectivity index (χ2v) is 11.1. The van der Waals surface area contributed by atoms with E-state index in [1.807, 2.05) is 60.7 Å². The normalized spacial score (nSPS) is 25.0. The average Bonchev–Trinajstić information content (AvgIpc) is 3.71. The van der Waals surface area contributed by atoms with Crippen LogP contribution in [-0.2, 0) is 14.4 Å². The Kier molecular flexibility index (Phi) is 6.80. The van der Waals surface area contributed by atoms with Crippen molar-refractivity contribution in [3.05, 3.63) is 112 Å². The summed E-state index contributed by atoms with van der Waals surface area (Å²) in [5.41, 5.74) is 4.04. The SMILES string of the molecule is O=C1[C@H]2N=NN(CC(=O)N3N=C4/C(=C/c5ccccc5)CCC[C@@H]4[C@@H]3c3ccccc3)[C@H]2C(=O)N1c1ccc([N+](=O)[O-])cc1. The molecule has 0 unspecified atom stereocenters. The van der Waals surface area contributed by atoms with Crippen LogP contribution < -0.4 is 4.90 Å². The van der Waals surface area contributed by atoms with Gasteiger partial charge >= 0.3 is 0 Å². The lowest BCUT2D eigenvalue weighted by molar-refractivity contribution is -0.384. The molecule has 3 aromatic rings. The number of rotatable bonds is 6. The molecule has 1 saturated carbocycles. The first kappa shape index (κ1) is 27.3. The fraction of sp³-hybridized carbons (Fsp3) is 0.250. The van der Waals surface area contributed by atoms with Gasteiger partial charge in [-0.25, -0.2) is 9.91 Å². The van der Waals surface area contributed by atoms with E-state index in [1.165, 1.54) is 34.3 Å². The number of anilines is 1. The Morgan fingerprint density at radius 3 is 2.34 bits per heavy atom. The fourth-order valence-corrected chi connectivity index (χ4v) is 6.48. The van der Waals surface area contributed by atoms with Gasteiger partial charge in [-0.2, -0.15) is 10.2 Å². The maximum Gasteiger partial charge on any atom is 0.269 e. The van der Waals surface area contributed by atoms with Crippen molar-refractivity contribution in [2.45, 2.75) is 37.4 Å². The molecule has 0 spiro atoms. The van der Waals surface area contributed by atoms with Crippen molar-refractivity contribution in [2.75, 3.05) is 11.4 Å². The summed E-state index contributed by atoms with van der Waals surface area (Å²) in [5, 5.41) is 26.8. The van der Waals surface area contributed by atoms with Crippen molar-refractivity contribution in [1.29, 1.82) is 0 Å². The number of amides is 3. The van der Waals surface area contributed by atoms with Crippen LogP contribution in [0.4, 0.5) is 11.4 Å². The Bertz CT molecular complexity index is 1740. The van der Waals surface area contributed by atoms with Gasteiger partial charge in [-0.15, -0.1) is 0 Å². The number of nitro groups is 1. The zero-order chi connectivity index (χ0) is 30.4. The Balaban J connectivity index is 1.16. The van der Waals surface area contributed by atoms with Gasteiger partial charge in [0.25, 0.3) is 23.4 Å². The van der Waals surface area contributed by atoms with Crippen molar-refractivity contribution in [2.24, 2.45) is 21.4 Å². The lowest BCUT2D eigenvalue weighted by Gasteiger charge is -2.30. The van der Waals surface area contributed by atoms with Gasteiger partial charge in [-0.1, -0.05) is 65.9 Å². The van der Waals surface area contributed by atoms with E-state index >= 15 is 0 Å². The number of carbonyl (C=O) groups excluding carboxylic acids is 3. The molecule has 44 heavy (non-hydrogen) atoms. The maximum atomic E-state index is 14.0. The smallest absolute Gasteiger partial charge is 0.269 e. The minimum absolute atomic E-state index is 0.00494. The fourth-order valence-electron chi connectivity index (χ4n) is 6.48. The van der Waals surface area contributed by atoms with Crippen LogP contribution in [0.25, 0.3) is 6.08 Å². The molecule has 2 fully saturated rings. The number of allylic oxidation sites excluding steroid dienone is 1. The zero-order valence-corrected chi connectivity index (χ0v) is 23.5. The monoisotopic (exact) mass is 589 g/mol. The van der Waals surface area contributed by atoms with Crippen LogP contribution in [0.3, 0.4) is 0 Å². The number of hydrogen-bond donors (Lipinski definition) is 0. The van der Waals surface area contributed by atoms with Gasteiger partial charge in [-0.3, -0.25) is 29.5 Å². The summed E-state index contributed by atoms with van der Waals surface area (Å²) in [7, 11) is 0. The summed E-state index contributed by atoms with van der Waals surface area (Å²) in [4.78, 5) is 52.1. The number of hydrazone groups is 1. The molecule has 3 amide bonds. The molecule has 7 rings (SSSR count). The van der Waals surface area contributed by atoms with Gasteiger partial charge in [0.05, 0.1) is 22.4 Å². The molecule has 0 aromatic heterocycles. The van der Waals surface area contributed by atoms with Crippen LogP contribution in [0.2, 0.25) is 0 Å². The minimum atomic E-state index is -1.11. The van der Waals surface area contributed by atoms with Gasteiger partial charge in [0.1, 0.15) is 6.54 Å². The predicted octanol–water partition coefficient (Wildman–Crippen LogP) is 4.71. The van der Waals surface area contributed by atoms with Gasteiger partial charge in [-0.05, 0) is 54.2 Å². The topological polar surface area (TPSA) is 141 Å². The van der Waals surface area contributed by atoms with E-state index in [0.717, 1.165) is 46.6 Å². The molecule has 1 aliphatic carbocycles. The molecule has 3 heterocycles. The van der Waals surface area contributed by atoms with E-state index in [4.69, 9.17) is 5.10 Å². The molecule has 4 atom stereocenters. The number of non-ortho nitro benzene ring substituents is 1. The van der Waals surface area contributed by atoms with Crippen LogP contribution in [0.1, 0.15) is 36.4 Å². The van der Waals surface area contributed by atoms with Crippen LogP contribution in [0.15, 0.2) is 106 Å². The van der Waals surface area contributed by atoms with Crippen molar-refractivity contribution in [1.82, 2.24) is 10.0 Å². The Hall–Kier alpha value is -5.52. The highest BCUT2D eigenvalue weighted by Gasteiger charge is 2.55. The summed E-state index contributed by atoms with van der Waals surface area (Å²) in [5.74, 6) is -1.56. The van der Waals surface area contributed by atoms with Crippen LogP contribution in [0.5, 0.6) is 0 Å². The molecular weight excluding hydrogens is 562 g/mol. The van der Waals surface area contributed by atoms with Gasteiger partial charge in [0.2, 0.25) is 0 Å². The number of nitro benzene ring substituents is 1. The molecule has 12 heteroatoms. The van der Waals surface area contributed by atoms with E-state index in [2.05, 4.69) is 16.4 Å². The van der Waals surface area contributed by atoms with Crippen LogP contribution in [-0.4, -0.2) is 57.0 Å². The molecule has 3 aliphatic heterocycles. The predicted molar refractivity (Wildman–Crippen MR) is 160 cm³/mol. The lowest BCUT2D eigenvalue weighted by Crippen LogP contribution is -2.45. The number of nitrogens with zero attached hydrogens (tertiary/aromatic N) is 7. The molecule has 0 radical (unpaired) electrons. The van der Waals surface area contributed by atoms with E-state index in [9.17, 15) is 24.5 Å². The van der Waals surface area contributed by atoms with Gasteiger partial charge < -0.3 is 0 Å². The van der Waals surface area contributed by atoms with E-state index < -0.39 is 28.8 Å². The van der Waals surface area contributed by atoms with Crippen LogP contribution >= 0.6 is 0 Å². The summed E-state index contributed by atoms with van der Waals surface area (Å²) in [6.45, 7) is -0.303. The number of imide groups is 1. The number of carbonyl (C=O) groups is 3. The third kappa shape index (κ3) is 4.64. The average molecular weight is 590 g/mol. The molecule has 1 saturated heterocycles. The zero-order valence-electron chi connectivity index (χ0n) is 23.5. The van der Waals surface area contributed by atoms with Crippen molar-refractivity contribution < 1.29 is 19.3 Å². The standard InChI is InChI=1S/C32H27N7O5/c40-26(19-36-30-28(33-35-36)31(41)37(32(30)42)23-14-16-24(17-15-23)39(43)44)38-29(21-10-5-2-6-11-21)25-13-7-12-22(27(25)34-38)18-20-8-3-1-4-9-20/h1-6,8-11,14-18,25,28-30H,7,12-13,19H2/b22-18+/t25-,28-,29-,30+/m0/s1. The second kappa shape index (κ2) is 11.0. The lowest BCUT2D eigenvalue weighted by atomic mass is 9.77. The summed E-state index contributed by atoms with van der Waals surface area (Å²) in [6.07, 6.45) is 4.83. The first-order valence-electron chi connectivity index (χ1n) is 14.4. The molecule has 0 N–H and O–H groups in total. The Morgan fingerprint density at radius 2 is 1.64 bits per heavy atom. The Labute approximate surface area is 252 Å². The highest BCUT2D eigenvalue weighted by atomic mass is 16.6. The van der Waals surface area contributed by atoms with Crippen LogP contribution in [0, 0.1) is 16.0 Å². The highest BCUT2D eigenvalue weighted by Crippen LogP contribution is 2.44. The van der Waals surface area contributed by atoms with E-state index in [-0.39, 0.29) is 35.8 Å². The van der Waals surface area contributed by atoms with Crippen molar-refractivity contribution >= 4 is 40.9 Å². The maximum absolute atomic E-state index is 14.0. The molecule has 3 aromatic carbocycles. The largest absolute Gasteiger partial charge is 0.271 e. The second-order valence-electron chi connectivity index (χ2n) is 11.1. The molecule has 0 bridgehead atoms. The molecule has 4 aliphatic rings. The first-order valence-corrected chi connectivity index (χ1v) is 14.4. The summed E-state index contributed by atoms with van der Waals surface area (Å²) in [6, 6.07) is 22.4. The summed E-state index contributed by atoms with van der Waals surface area (Å²) >= 11 is 0. The van der Waals surface area contributed by atoms with E-state index in [1.54, 1.807) is 0 Å². The van der Waals surface area contributed by atoms with Gasteiger partial charge in [0, 0.05) is 18.1 Å². The van der Waals surface area contributed by atoms with Gasteiger partial charge in [0.15, 0.2) is 12.1 Å². The first-order chi connectivity index (χ1) is 21.4. The van der Waals surface area contributed by atoms with Crippen molar-refractivity contribution in [3.63, 3.8) is 0 Å². The third-order valence-corrected chi connectivity index (χ3v) is 8.51. The van der Waals surface area contributed by atoms with Crippen molar-refractivity contribution in [3.8, 4) is 0 Å². The number of benzene rings is 3. The minimum Gasteiger partial charge on any atom is -0.271 e. The Morgan fingerprint density at radius 1 is 0.932 bits per heavy atom. The molecule has 220 valence electrons. The summed E-state index contributed by atoms with van der Waals surface area (Å²) < 4.78 is 0. The third-order valence-electron chi connectivity index (χ3n) is 8.51. The number of hydrogen-bond acceptors (Lipinski definition) is 9.